The quantitative estimate of drug-likeness (QED) is 0.572. The molecule has 0 amide bonds. The summed E-state index contributed by atoms with van der Waals surface area (Å²) in [6.45, 7) is 1.59. The number of aryl methyl sites for hydroxylation is 1. The van der Waals surface area contributed by atoms with Crippen LogP contribution in [0.5, 0.6) is 11.5 Å². The van der Waals surface area contributed by atoms with Crippen molar-refractivity contribution in [3.05, 3.63) is 63.3 Å². The maximum atomic E-state index is 12.6. The normalized spacial score (nSPS) is 14.2. The van der Waals surface area contributed by atoms with Crippen molar-refractivity contribution in [1.29, 1.82) is 0 Å². The Labute approximate surface area is 153 Å². The minimum Gasteiger partial charge on any atom is -0.482 e. The van der Waals surface area contributed by atoms with Gasteiger partial charge in [-0.2, -0.15) is 0 Å². The summed E-state index contributed by atoms with van der Waals surface area (Å²) in [6, 6.07) is 10.9. The van der Waals surface area contributed by atoms with Gasteiger partial charge in [0.15, 0.2) is 12.4 Å². The molecule has 0 aromatic heterocycles. The average Bonchev–Trinajstić information content (AvgIpc) is 2.91. The third-order valence-electron chi connectivity index (χ3n) is 3.72. The monoisotopic (exact) mass is 402 g/mol. The second kappa shape index (κ2) is 7.11. The number of Topliss-reactive ketones (excluding diaryl/α,β-unsaturated/α-hetero) is 1. The summed E-state index contributed by atoms with van der Waals surface area (Å²) in [5, 5.41) is 0. The van der Waals surface area contributed by atoms with Gasteiger partial charge in [-0.25, -0.2) is 4.79 Å². The first kappa shape index (κ1) is 17.2. The van der Waals surface area contributed by atoms with Crippen LogP contribution >= 0.6 is 15.9 Å². The van der Waals surface area contributed by atoms with E-state index >= 15 is 0 Å². The lowest BCUT2D eigenvalue weighted by atomic mass is 10.0. The van der Waals surface area contributed by atoms with Crippen LogP contribution < -0.4 is 9.47 Å². The van der Waals surface area contributed by atoms with Crippen molar-refractivity contribution in [2.45, 2.75) is 6.92 Å². The topological polar surface area (TPSA) is 61.8 Å². The fourth-order valence-electron chi connectivity index (χ4n) is 2.50. The maximum Gasteiger partial charge on any atom is 0.343 e. The molecule has 2 aromatic carbocycles. The van der Waals surface area contributed by atoms with Crippen molar-refractivity contribution in [2.24, 2.45) is 0 Å². The number of esters is 1. The van der Waals surface area contributed by atoms with Crippen LogP contribution in [-0.4, -0.2) is 25.5 Å². The number of ketones is 1. The average molecular weight is 403 g/mol. The minimum atomic E-state index is -0.482. The van der Waals surface area contributed by atoms with Gasteiger partial charge in [0.05, 0.1) is 12.7 Å². The van der Waals surface area contributed by atoms with E-state index in [1.807, 2.05) is 24.3 Å². The molecule has 0 unspecified atom stereocenters. The lowest BCUT2D eigenvalue weighted by Crippen LogP contribution is -2.12. The summed E-state index contributed by atoms with van der Waals surface area (Å²) in [7, 11) is 1.29. The Bertz CT molecular complexity index is 885. The third-order valence-corrected chi connectivity index (χ3v) is 4.44. The molecule has 6 heteroatoms. The number of allylic oxidation sites excluding steroid dienone is 1. The largest absolute Gasteiger partial charge is 0.482 e. The van der Waals surface area contributed by atoms with Gasteiger partial charge in [0.2, 0.25) is 5.78 Å². The molecule has 0 spiro atoms. The van der Waals surface area contributed by atoms with Crippen LogP contribution in [0.15, 0.2) is 46.6 Å². The van der Waals surface area contributed by atoms with Crippen LogP contribution in [-0.2, 0) is 9.53 Å². The number of methoxy groups -OCH3 is 1. The Morgan fingerprint density at radius 1 is 1.28 bits per heavy atom. The van der Waals surface area contributed by atoms with Gasteiger partial charge in [0.25, 0.3) is 0 Å². The van der Waals surface area contributed by atoms with Crippen LogP contribution in [0.2, 0.25) is 0 Å². The Morgan fingerprint density at radius 2 is 2.04 bits per heavy atom. The number of ether oxygens (including phenoxy) is 3. The molecule has 0 bridgehead atoms. The standard InChI is InChI=1S/C19H15BrO5/c1-11-7-13(24-10-17(21)23-2)9-15-18(11)19(22)16(25-15)8-12-5-3-4-6-14(12)20/h3-9H,10H2,1-2H3/b16-8-. The summed E-state index contributed by atoms with van der Waals surface area (Å²) in [6.07, 6.45) is 1.70. The molecule has 2 aromatic rings. The van der Waals surface area contributed by atoms with Gasteiger partial charge < -0.3 is 14.2 Å². The summed E-state index contributed by atoms with van der Waals surface area (Å²) < 4.78 is 16.5. The van der Waals surface area contributed by atoms with E-state index in [1.54, 1.807) is 25.1 Å². The maximum absolute atomic E-state index is 12.6. The zero-order valence-electron chi connectivity index (χ0n) is 13.7. The molecule has 128 valence electrons. The van der Waals surface area contributed by atoms with Gasteiger partial charge in [0, 0.05) is 10.5 Å². The first-order valence-corrected chi connectivity index (χ1v) is 8.32. The Morgan fingerprint density at radius 3 is 2.76 bits per heavy atom. The summed E-state index contributed by atoms with van der Waals surface area (Å²) in [4.78, 5) is 23.8. The van der Waals surface area contributed by atoms with Crippen LogP contribution in [0, 0.1) is 6.92 Å². The number of hydrogen-bond acceptors (Lipinski definition) is 5. The zero-order valence-corrected chi connectivity index (χ0v) is 15.3. The van der Waals surface area contributed by atoms with E-state index in [0.717, 1.165) is 15.6 Å². The highest BCUT2D eigenvalue weighted by Gasteiger charge is 2.30. The summed E-state index contributed by atoms with van der Waals surface area (Å²) >= 11 is 3.45. The number of hydrogen-bond donors (Lipinski definition) is 0. The summed E-state index contributed by atoms with van der Waals surface area (Å²) in [5.41, 5.74) is 2.07. The van der Waals surface area contributed by atoms with Gasteiger partial charge in [0.1, 0.15) is 11.5 Å². The Kier molecular flexibility index (Phi) is 4.90. The highest BCUT2D eigenvalue weighted by Crippen LogP contribution is 2.37. The fraction of sp³-hybridized carbons (Fsp3) is 0.158. The lowest BCUT2D eigenvalue weighted by Gasteiger charge is -2.08. The molecule has 0 N–H and O–H groups in total. The second-order valence-electron chi connectivity index (χ2n) is 5.44. The van der Waals surface area contributed by atoms with Crippen LogP contribution in [0.3, 0.4) is 0 Å². The molecule has 0 saturated carbocycles. The zero-order chi connectivity index (χ0) is 18.0. The molecular formula is C19H15BrO5. The van der Waals surface area contributed by atoms with E-state index in [-0.39, 0.29) is 18.1 Å². The molecule has 5 nitrogen and oxygen atoms in total. The van der Waals surface area contributed by atoms with Gasteiger partial charge in [-0.15, -0.1) is 0 Å². The van der Waals surface area contributed by atoms with E-state index < -0.39 is 5.97 Å². The Balaban J connectivity index is 1.89. The van der Waals surface area contributed by atoms with E-state index in [0.29, 0.717) is 17.1 Å². The molecule has 0 aliphatic carbocycles. The van der Waals surface area contributed by atoms with E-state index in [2.05, 4.69) is 20.7 Å². The number of rotatable bonds is 4. The first-order chi connectivity index (χ1) is 12.0. The SMILES string of the molecule is COC(=O)COc1cc(C)c2c(c1)O/C(=C\c1ccccc1Br)C2=O. The molecule has 0 saturated heterocycles. The van der Waals surface area contributed by atoms with Crippen LogP contribution in [0.1, 0.15) is 21.5 Å². The highest BCUT2D eigenvalue weighted by molar-refractivity contribution is 9.10. The van der Waals surface area contributed by atoms with Crippen LogP contribution in [0.25, 0.3) is 6.08 Å². The van der Waals surface area contributed by atoms with Gasteiger partial charge in [-0.05, 0) is 36.3 Å². The lowest BCUT2D eigenvalue weighted by molar-refractivity contribution is -0.142. The first-order valence-electron chi connectivity index (χ1n) is 7.52. The van der Waals surface area contributed by atoms with Crippen molar-refractivity contribution in [2.75, 3.05) is 13.7 Å². The van der Waals surface area contributed by atoms with Crippen LogP contribution in [0.4, 0.5) is 0 Å². The van der Waals surface area contributed by atoms with E-state index in [4.69, 9.17) is 9.47 Å². The summed E-state index contributed by atoms with van der Waals surface area (Å²) in [5.74, 6) is 0.447. The number of carbonyl (C=O) groups is 2. The molecule has 1 aliphatic heterocycles. The molecule has 25 heavy (non-hydrogen) atoms. The van der Waals surface area contributed by atoms with Crippen molar-refractivity contribution >= 4 is 33.8 Å². The van der Waals surface area contributed by atoms with Crippen molar-refractivity contribution in [3.8, 4) is 11.5 Å². The van der Waals surface area contributed by atoms with Crippen molar-refractivity contribution < 1.29 is 23.8 Å². The third kappa shape index (κ3) is 3.58. The van der Waals surface area contributed by atoms with Crippen molar-refractivity contribution in [3.63, 3.8) is 0 Å². The van der Waals surface area contributed by atoms with Gasteiger partial charge in [-0.1, -0.05) is 34.1 Å². The predicted molar refractivity (Wildman–Crippen MR) is 95.8 cm³/mol. The molecule has 0 radical (unpaired) electrons. The van der Waals surface area contributed by atoms with Crippen molar-refractivity contribution in [1.82, 2.24) is 0 Å². The number of halogens is 1. The second-order valence-corrected chi connectivity index (χ2v) is 6.29. The highest BCUT2D eigenvalue weighted by atomic mass is 79.9. The number of fused-ring (bicyclic) bond motifs is 1. The molecule has 0 fully saturated rings. The van der Waals surface area contributed by atoms with Gasteiger partial charge in [-0.3, -0.25) is 4.79 Å². The molecule has 0 atom stereocenters. The smallest absolute Gasteiger partial charge is 0.343 e. The van der Waals surface area contributed by atoms with E-state index in [1.165, 1.54) is 7.11 Å². The fourth-order valence-corrected chi connectivity index (χ4v) is 2.89. The molecular weight excluding hydrogens is 388 g/mol. The predicted octanol–water partition coefficient (Wildman–Crippen LogP) is 3.93. The molecule has 1 heterocycles. The molecule has 3 rings (SSSR count). The minimum absolute atomic E-state index is 0.178. The Hall–Kier alpha value is -2.60. The number of benzene rings is 2. The molecule has 1 aliphatic rings. The van der Waals surface area contributed by atoms with Gasteiger partial charge >= 0.3 is 5.97 Å². The van der Waals surface area contributed by atoms with E-state index in [9.17, 15) is 9.59 Å². The number of carbonyl (C=O) groups excluding carboxylic acids is 2.